The molecule has 1 aliphatic rings. The Hall–Kier alpha value is -1.71. The molecule has 2 rings (SSSR count). The first-order valence-corrected chi connectivity index (χ1v) is 6.02. The Kier molecular flexibility index (Phi) is 3.22. The van der Waals surface area contributed by atoms with E-state index in [1.54, 1.807) is 18.2 Å². The van der Waals surface area contributed by atoms with Crippen LogP contribution in [-0.4, -0.2) is 19.0 Å². The largest absolute Gasteiger partial charge is 0.397 e. The fraction of sp³-hybridized carbons (Fsp3) is 0.462. The van der Waals surface area contributed by atoms with E-state index in [1.165, 1.54) is 12.8 Å². The summed E-state index contributed by atoms with van der Waals surface area (Å²) >= 11 is 0. The average Bonchev–Trinajstić information content (AvgIpc) is 2.29. The molecule has 0 aliphatic carbocycles. The van der Waals surface area contributed by atoms with Crippen molar-refractivity contribution in [2.75, 3.05) is 23.7 Å². The van der Waals surface area contributed by atoms with E-state index >= 15 is 0 Å². The number of carbonyl (C=O) groups is 1. The van der Waals surface area contributed by atoms with Gasteiger partial charge >= 0.3 is 0 Å². The summed E-state index contributed by atoms with van der Waals surface area (Å²) in [5.74, 6) is 0.261. The number of nitrogens with zero attached hydrogens (tertiary/aromatic N) is 1. The first-order chi connectivity index (χ1) is 8.08. The summed E-state index contributed by atoms with van der Waals surface area (Å²) in [5, 5.41) is 0. The Balaban J connectivity index is 2.29. The summed E-state index contributed by atoms with van der Waals surface area (Å²) in [5.41, 5.74) is 13.4. The molecule has 1 unspecified atom stereocenters. The van der Waals surface area contributed by atoms with Gasteiger partial charge in [-0.25, -0.2) is 0 Å². The number of amides is 1. The molecule has 1 aliphatic heterocycles. The van der Waals surface area contributed by atoms with Crippen molar-refractivity contribution in [1.82, 2.24) is 0 Å². The van der Waals surface area contributed by atoms with Crippen LogP contribution in [0.1, 0.15) is 30.1 Å². The Morgan fingerprint density at radius 1 is 1.47 bits per heavy atom. The molecule has 0 radical (unpaired) electrons. The number of piperidine rings is 1. The Labute approximate surface area is 102 Å². The SMILES string of the molecule is CC1CCCN(c2cc(C(N)=O)ccc2N)C1. The fourth-order valence-electron chi connectivity index (χ4n) is 2.38. The molecule has 4 N–H and O–H groups in total. The van der Waals surface area contributed by atoms with Crippen LogP contribution < -0.4 is 16.4 Å². The van der Waals surface area contributed by atoms with E-state index in [-0.39, 0.29) is 0 Å². The first-order valence-electron chi connectivity index (χ1n) is 6.02. The minimum atomic E-state index is -0.406. The van der Waals surface area contributed by atoms with Gasteiger partial charge < -0.3 is 16.4 Å². The monoisotopic (exact) mass is 233 g/mol. The number of nitrogen functional groups attached to an aromatic ring is 1. The highest BCUT2D eigenvalue weighted by molar-refractivity contribution is 5.95. The minimum Gasteiger partial charge on any atom is -0.397 e. The van der Waals surface area contributed by atoms with Gasteiger partial charge in [0.25, 0.3) is 0 Å². The Bertz CT molecular complexity index is 431. The maximum Gasteiger partial charge on any atom is 0.248 e. The number of rotatable bonds is 2. The van der Waals surface area contributed by atoms with Crippen LogP contribution >= 0.6 is 0 Å². The Morgan fingerprint density at radius 3 is 2.88 bits per heavy atom. The molecular formula is C13H19N3O. The number of carbonyl (C=O) groups excluding carboxylic acids is 1. The van der Waals surface area contributed by atoms with Crippen molar-refractivity contribution in [1.29, 1.82) is 0 Å². The molecule has 0 spiro atoms. The second kappa shape index (κ2) is 4.65. The molecule has 4 nitrogen and oxygen atoms in total. The maximum atomic E-state index is 11.2. The fourth-order valence-corrected chi connectivity index (χ4v) is 2.38. The topological polar surface area (TPSA) is 72.3 Å². The molecule has 1 fully saturated rings. The summed E-state index contributed by atoms with van der Waals surface area (Å²) in [6.07, 6.45) is 2.42. The van der Waals surface area contributed by atoms with E-state index in [1.807, 2.05) is 0 Å². The van der Waals surface area contributed by atoms with E-state index in [0.717, 1.165) is 18.8 Å². The smallest absolute Gasteiger partial charge is 0.248 e. The summed E-state index contributed by atoms with van der Waals surface area (Å²) in [7, 11) is 0. The lowest BCUT2D eigenvalue weighted by atomic mass is 9.99. The van der Waals surface area contributed by atoms with Crippen LogP contribution in [0.15, 0.2) is 18.2 Å². The van der Waals surface area contributed by atoms with E-state index in [4.69, 9.17) is 11.5 Å². The molecule has 1 amide bonds. The minimum absolute atomic E-state index is 0.406. The number of hydrogen-bond donors (Lipinski definition) is 2. The third-order valence-electron chi connectivity index (χ3n) is 3.31. The lowest BCUT2D eigenvalue weighted by Crippen LogP contribution is -2.34. The lowest BCUT2D eigenvalue weighted by molar-refractivity contribution is 0.100. The molecule has 1 heterocycles. The average molecular weight is 233 g/mol. The highest BCUT2D eigenvalue weighted by atomic mass is 16.1. The lowest BCUT2D eigenvalue weighted by Gasteiger charge is -2.33. The van der Waals surface area contributed by atoms with E-state index in [0.29, 0.717) is 17.2 Å². The Morgan fingerprint density at radius 2 is 2.24 bits per heavy atom. The molecule has 92 valence electrons. The zero-order valence-corrected chi connectivity index (χ0v) is 10.1. The molecular weight excluding hydrogens is 214 g/mol. The molecule has 17 heavy (non-hydrogen) atoms. The van der Waals surface area contributed by atoms with Crippen LogP contribution in [-0.2, 0) is 0 Å². The van der Waals surface area contributed by atoms with Gasteiger partial charge in [-0.3, -0.25) is 4.79 Å². The second-order valence-corrected chi connectivity index (χ2v) is 4.83. The van der Waals surface area contributed by atoms with Gasteiger partial charge in [0.05, 0.1) is 11.4 Å². The van der Waals surface area contributed by atoms with Gasteiger partial charge in [0.15, 0.2) is 0 Å². The zero-order chi connectivity index (χ0) is 12.4. The van der Waals surface area contributed by atoms with E-state index in [9.17, 15) is 4.79 Å². The summed E-state index contributed by atoms with van der Waals surface area (Å²) in [6, 6.07) is 5.24. The van der Waals surface area contributed by atoms with Gasteiger partial charge in [-0.1, -0.05) is 6.92 Å². The number of nitrogens with two attached hydrogens (primary N) is 2. The molecule has 1 saturated heterocycles. The number of hydrogen-bond acceptors (Lipinski definition) is 3. The highest BCUT2D eigenvalue weighted by Crippen LogP contribution is 2.28. The molecule has 1 aromatic rings. The van der Waals surface area contributed by atoms with Gasteiger partial charge in [-0.15, -0.1) is 0 Å². The van der Waals surface area contributed by atoms with Crippen LogP contribution in [0.4, 0.5) is 11.4 Å². The van der Waals surface area contributed by atoms with E-state index in [2.05, 4.69) is 11.8 Å². The van der Waals surface area contributed by atoms with Gasteiger partial charge in [-0.05, 0) is 37.0 Å². The van der Waals surface area contributed by atoms with Crippen molar-refractivity contribution < 1.29 is 4.79 Å². The van der Waals surface area contributed by atoms with Crippen LogP contribution in [0, 0.1) is 5.92 Å². The first kappa shape index (κ1) is 11.8. The molecule has 1 atom stereocenters. The standard InChI is InChI=1S/C13H19N3O/c1-9-3-2-6-16(8-9)12-7-10(13(15)17)4-5-11(12)14/h4-5,7,9H,2-3,6,8,14H2,1H3,(H2,15,17). The molecule has 1 aromatic carbocycles. The van der Waals surface area contributed by atoms with Crippen molar-refractivity contribution in [2.45, 2.75) is 19.8 Å². The molecule has 0 aromatic heterocycles. The van der Waals surface area contributed by atoms with Crippen LogP contribution in [0.25, 0.3) is 0 Å². The molecule has 0 bridgehead atoms. The van der Waals surface area contributed by atoms with Crippen molar-refractivity contribution >= 4 is 17.3 Å². The third kappa shape index (κ3) is 2.52. The van der Waals surface area contributed by atoms with Gasteiger partial charge in [0, 0.05) is 18.7 Å². The van der Waals surface area contributed by atoms with E-state index < -0.39 is 5.91 Å². The van der Waals surface area contributed by atoms with Crippen molar-refractivity contribution in [3.8, 4) is 0 Å². The highest BCUT2D eigenvalue weighted by Gasteiger charge is 2.19. The van der Waals surface area contributed by atoms with Gasteiger partial charge in [-0.2, -0.15) is 0 Å². The quantitative estimate of drug-likeness (QED) is 0.762. The predicted molar refractivity (Wildman–Crippen MR) is 70.0 cm³/mol. The normalized spacial score (nSPS) is 20.3. The van der Waals surface area contributed by atoms with Crippen LogP contribution in [0.2, 0.25) is 0 Å². The summed E-state index contributed by atoms with van der Waals surface area (Å²) in [6.45, 7) is 4.23. The second-order valence-electron chi connectivity index (χ2n) is 4.83. The molecule has 4 heteroatoms. The van der Waals surface area contributed by atoms with Crippen LogP contribution in [0.5, 0.6) is 0 Å². The van der Waals surface area contributed by atoms with Crippen molar-refractivity contribution in [3.05, 3.63) is 23.8 Å². The number of primary amides is 1. The van der Waals surface area contributed by atoms with Crippen LogP contribution in [0.3, 0.4) is 0 Å². The summed E-state index contributed by atoms with van der Waals surface area (Å²) < 4.78 is 0. The van der Waals surface area contributed by atoms with Gasteiger partial charge in [0.2, 0.25) is 5.91 Å². The maximum absolute atomic E-state index is 11.2. The zero-order valence-electron chi connectivity index (χ0n) is 10.1. The van der Waals surface area contributed by atoms with Crippen molar-refractivity contribution in [3.63, 3.8) is 0 Å². The number of anilines is 2. The predicted octanol–water partition coefficient (Wildman–Crippen LogP) is 1.60. The van der Waals surface area contributed by atoms with Crippen molar-refractivity contribution in [2.24, 2.45) is 11.7 Å². The summed E-state index contributed by atoms with van der Waals surface area (Å²) in [4.78, 5) is 13.4. The number of benzene rings is 1. The van der Waals surface area contributed by atoms with Gasteiger partial charge in [0.1, 0.15) is 0 Å². The third-order valence-corrected chi connectivity index (χ3v) is 3.31. The molecule has 0 saturated carbocycles.